The minimum absolute atomic E-state index is 0.128. The average molecular weight is 236 g/mol. The van der Waals surface area contributed by atoms with Crippen molar-refractivity contribution in [2.24, 2.45) is 5.73 Å². The molecule has 2 aromatic rings. The van der Waals surface area contributed by atoms with Crippen molar-refractivity contribution in [3.63, 3.8) is 0 Å². The summed E-state index contributed by atoms with van der Waals surface area (Å²) >= 11 is 0. The van der Waals surface area contributed by atoms with E-state index in [1.165, 1.54) is 12.1 Å². The summed E-state index contributed by atoms with van der Waals surface area (Å²) in [5, 5.41) is 10.5. The Morgan fingerprint density at radius 1 is 1.47 bits per heavy atom. The minimum atomic E-state index is -0.274. The molecule has 90 valence electrons. The second-order valence-corrected chi connectivity index (χ2v) is 3.63. The molecule has 1 aromatic carbocycles. The summed E-state index contributed by atoms with van der Waals surface area (Å²) in [7, 11) is 0. The second-order valence-electron chi connectivity index (χ2n) is 3.63. The molecule has 1 heterocycles. The van der Waals surface area contributed by atoms with Gasteiger partial charge in [0.2, 0.25) is 5.89 Å². The molecule has 1 unspecified atom stereocenters. The van der Waals surface area contributed by atoms with Crippen molar-refractivity contribution in [3.8, 4) is 0 Å². The number of hydrogen-bond donors (Lipinski definition) is 2. The van der Waals surface area contributed by atoms with Crippen LogP contribution in [0.25, 0.3) is 0 Å². The molecule has 0 saturated carbocycles. The molecule has 0 fully saturated rings. The summed E-state index contributed by atoms with van der Waals surface area (Å²) in [6.07, 6.45) is 0. The van der Waals surface area contributed by atoms with Crippen molar-refractivity contribution in [1.29, 1.82) is 0 Å². The fraction of sp³-hybridized carbons (Fsp3) is 0.273. The van der Waals surface area contributed by atoms with Gasteiger partial charge in [0.15, 0.2) is 0 Å². The van der Waals surface area contributed by atoms with E-state index < -0.39 is 0 Å². The SMILES string of the molecule is CC(Nc1nnc(CN)o1)c1cccc(F)c1. The van der Waals surface area contributed by atoms with E-state index in [-0.39, 0.29) is 24.4 Å². The van der Waals surface area contributed by atoms with Crippen molar-refractivity contribution in [3.05, 3.63) is 41.5 Å². The van der Waals surface area contributed by atoms with E-state index in [0.717, 1.165) is 5.56 Å². The summed E-state index contributed by atoms with van der Waals surface area (Å²) in [5.74, 6) is 0.0864. The predicted octanol–water partition coefficient (Wildman–Crippen LogP) is 1.84. The maximum Gasteiger partial charge on any atom is 0.315 e. The lowest BCUT2D eigenvalue weighted by Crippen LogP contribution is -2.07. The Morgan fingerprint density at radius 3 is 2.94 bits per heavy atom. The molecule has 0 amide bonds. The van der Waals surface area contributed by atoms with Crippen LogP contribution in [0, 0.1) is 5.82 Å². The molecule has 1 atom stereocenters. The first kappa shape index (κ1) is 11.5. The normalized spacial score (nSPS) is 12.4. The van der Waals surface area contributed by atoms with Gasteiger partial charge in [-0.05, 0) is 24.6 Å². The van der Waals surface area contributed by atoms with Gasteiger partial charge in [-0.3, -0.25) is 0 Å². The molecule has 5 nitrogen and oxygen atoms in total. The molecular formula is C11H13FN4O. The van der Waals surface area contributed by atoms with Gasteiger partial charge in [-0.2, -0.15) is 0 Å². The van der Waals surface area contributed by atoms with Gasteiger partial charge in [-0.1, -0.05) is 17.2 Å². The van der Waals surface area contributed by atoms with Crippen LogP contribution in [0.2, 0.25) is 0 Å². The van der Waals surface area contributed by atoms with Crippen LogP contribution >= 0.6 is 0 Å². The second kappa shape index (κ2) is 4.92. The van der Waals surface area contributed by atoms with Gasteiger partial charge in [0, 0.05) is 0 Å². The molecule has 1 aromatic heterocycles. The third-order valence-electron chi connectivity index (χ3n) is 2.33. The molecule has 17 heavy (non-hydrogen) atoms. The van der Waals surface area contributed by atoms with Gasteiger partial charge in [-0.25, -0.2) is 4.39 Å². The van der Waals surface area contributed by atoms with Crippen LogP contribution in [-0.2, 0) is 6.54 Å². The highest BCUT2D eigenvalue weighted by Gasteiger charge is 2.10. The molecule has 3 N–H and O–H groups in total. The summed E-state index contributed by atoms with van der Waals surface area (Å²) in [4.78, 5) is 0. The van der Waals surface area contributed by atoms with Crippen LogP contribution in [-0.4, -0.2) is 10.2 Å². The van der Waals surface area contributed by atoms with E-state index in [1.54, 1.807) is 6.07 Å². The quantitative estimate of drug-likeness (QED) is 0.847. The number of anilines is 1. The smallest absolute Gasteiger partial charge is 0.315 e. The Bertz CT molecular complexity index is 500. The number of hydrogen-bond acceptors (Lipinski definition) is 5. The van der Waals surface area contributed by atoms with E-state index in [4.69, 9.17) is 10.2 Å². The third-order valence-corrected chi connectivity index (χ3v) is 2.33. The number of nitrogens with one attached hydrogen (secondary N) is 1. The van der Waals surface area contributed by atoms with Gasteiger partial charge in [-0.15, -0.1) is 5.10 Å². The molecule has 0 spiro atoms. The van der Waals surface area contributed by atoms with Gasteiger partial charge < -0.3 is 15.5 Å². The summed E-state index contributed by atoms with van der Waals surface area (Å²) in [6.45, 7) is 2.07. The first-order valence-electron chi connectivity index (χ1n) is 5.23. The lowest BCUT2D eigenvalue weighted by atomic mass is 10.1. The molecule has 0 aliphatic heterocycles. The summed E-state index contributed by atoms with van der Waals surface area (Å²) in [5.41, 5.74) is 6.15. The largest absolute Gasteiger partial charge is 0.407 e. The Balaban J connectivity index is 2.08. The molecule has 2 rings (SSSR count). The predicted molar refractivity (Wildman–Crippen MR) is 60.6 cm³/mol. The maximum absolute atomic E-state index is 13.0. The van der Waals surface area contributed by atoms with E-state index in [0.29, 0.717) is 5.89 Å². The molecule has 0 radical (unpaired) electrons. The fourth-order valence-electron chi connectivity index (χ4n) is 1.44. The van der Waals surface area contributed by atoms with Crippen molar-refractivity contribution in [2.75, 3.05) is 5.32 Å². The molecule has 0 saturated heterocycles. The number of halogens is 1. The molecule has 6 heteroatoms. The molecule has 0 aliphatic carbocycles. The Kier molecular flexibility index (Phi) is 3.34. The zero-order valence-corrected chi connectivity index (χ0v) is 9.35. The first-order valence-corrected chi connectivity index (χ1v) is 5.23. The number of nitrogens with zero attached hydrogens (tertiary/aromatic N) is 2. The van der Waals surface area contributed by atoms with Gasteiger partial charge in [0.05, 0.1) is 12.6 Å². The summed E-state index contributed by atoms with van der Waals surface area (Å²) in [6, 6.07) is 6.48. The van der Waals surface area contributed by atoms with Gasteiger partial charge >= 0.3 is 6.01 Å². The van der Waals surface area contributed by atoms with Gasteiger partial charge in [0.1, 0.15) is 5.82 Å². The fourth-order valence-corrected chi connectivity index (χ4v) is 1.44. The monoisotopic (exact) mass is 236 g/mol. The van der Waals surface area contributed by atoms with Crippen LogP contribution in [0.4, 0.5) is 10.4 Å². The summed E-state index contributed by atoms with van der Waals surface area (Å²) < 4.78 is 18.2. The third kappa shape index (κ3) is 2.79. The zero-order valence-electron chi connectivity index (χ0n) is 9.35. The molecular weight excluding hydrogens is 223 g/mol. The van der Waals surface area contributed by atoms with E-state index >= 15 is 0 Å². The van der Waals surface area contributed by atoms with E-state index in [2.05, 4.69) is 15.5 Å². The topological polar surface area (TPSA) is 77.0 Å². The van der Waals surface area contributed by atoms with Crippen LogP contribution in [0.15, 0.2) is 28.7 Å². The maximum atomic E-state index is 13.0. The Morgan fingerprint density at radius 2 is 2.29 bits per heavy atom. The zero-order chi connectivity index (χ0) is 12.3. The number of aromatic nitrogens is 2. The average Bonchev–Trinajstić information content (AvgIpc) is 2.77. The number of rotatable bonds is 4. The number of benzene rings is 1. The molecule has 0 bridgehead atoms. The standard InChI is InChI=1S/C11H13FN4O/c1-7(8-3-2-4-9(12)5-8)14-11-16-15-10(6-13)17-11/h2-5,7H,6,13H2,1H3,(H,14,16). The minimum Gasteiger partial charge on any atom is -0.407 e. The lowest BCUT2D eigenvalue weighted by molar-refractivity contribution is 0.503. The highest BCUT2D eigenvalue weighted by atomic mass is 19.1. The van der Waals surface area contributed by atoms with Crippen molar-refractivity contribution < 1.29 is 8.81 Å². The van der Waals surface area contributed by atoms with Crippen molar-refractivity contribution >= 4 is 6.01 Å². The molecule has 0 aliphatic rings. The highest BCUT2D eigenvalue weighted by Crippen LogP contribution is 2.18. The Hall–Kier alpha value is -1.95. The highest BCUT2D eigenvalue weighted by molar-refractivity contribution is 5.28. The van der Waals surface area contributed by atoms with E-state index in [1.807, 2.05) is 13.0 Å². The van der Waals surface area contributed by atoms with Crippen molar-refractivity contribution in [2.45, 2.75) is 19.5 Å². The van der Waals surface area contributed by atoms with Crippen LogP contribution in [0.3, 0.4) is 0 Å². The lowest BCUT2D eigenvalue weighted by Gasteiger charge is -2.11. The van der Waals surface area contributed by atoms with Crippen LogP contribution in [0.5, 0.6) is 0 Å². The first-order chi connectivity index (χ1) is 8.19. The van der Waals surface area contributed by atoms with Crippen molar-refractivity contribution in [1.82, 2.24) is 10.2 Å². The van der Waals surface area contributed by atoms with E-state index in [9.17, 15) is 4.39 Å². The Labute approximate surface area is 97.8 Å². The number of nitrogens with two attached hydrogens (primary N) is 1. The van der Waals surface area contributed by atoms with Gasteiger partial charge in [0.25, 0.3) is 0 Å². The van der Waals surface area contributed by atoms with Crippen LogP contribution < -0.4 is 11.1 Å². The van der Waals surface area contributed by atoms with Crippen LogP contribution in [0.1, 0.15) is 24.4 Å².